The fourth-order valence-electron chi connectivity index (χ4n) is 2.12. The molecule has 0 amide bonds. The van der Waals surface area contributed by atoms with E-state index in [0.29, 0.717) is 5.92 Å². The molecule has 1 N–H and O–H groups in total. The Morgan fingerprint density at radius 3 is 2.74 bits per heavy atom. The number of rotatable bonds is 5. The summed E-state index contributed by atoms with van der Waals surface area (Å²) in [4.78, 5) is 4.55. The maximum absolute atomic E-state index is 6.26. The molecule has 2 rings (SSSR count). The van der Waals surface area contributed by atoms with E-state index >= 15 is 0 Å². The molecule has 0 saturated carbocycles. The molecule has 1 aromatic carbocycles. The van der Waals surface area contributed by atoms with Crippen LogP contribution in [0.2, 0.25) is 0 Å². The monoisotopic (exact) mass is 276 g/mol. The maximum Gasteiger partial charge on any atom is 0.0708 e. The minimum absolute atomic E-state index is 0.175. The number of hydrogen-bond donors (Lipinski definition) is 1. The van der Waals surface area contributed by atoms with Crippen molar-refractivity contribution in [2.75, 3.05) is 6.54 Å². The Hall–Kier alpha value is -1.12. The maximum atomic E-state index is 6.26. The van der Waals surface area contributed by atoms with Gasteiger partial charge >= 0.3 is 0 Å². The molecule has 2 nitrogen and oxygen atoms in total. The summed E-state index contributed by atoms with van der Waals surface area (Å²) in [5.74, 6) is 0.491. The first-order valence-electron chi connectivity index (χ1n) is 6.78. The molecular formula is C16H21ClN2. The largest absolute Gasteiger partial charge is 0.311 e. The van der Waals surface area contributed by atoms with Gasteiger partial charge < -0.3 is 5.32 Å². The van der Waals surface area contributed by atoms with Crippen molar-refractivity contribution in [1.29, 1.82) is 0 Å². The lowest BCUT2D eigenvalue weighted by Gasteiger charge is -2.15. The number of alkyl halides is 1. The summed E-state index contributed by atoms with van der Waals surface area (Å²) in [5, 5.41) is 4.84. The molecule has 1 aromatic heterocycles. The Morgan fingerprint density at radius 1 is 1.26 bits per heavy atom. The second-order valence-electron chi connectivity index (χ2n) is 5.33. The molecule has 0 aliphatic carbocycles. The zero-order valence-electron chi connectivity index (χ0n) is 11.8. The molecule has 1 atom stereocenters. The van der Waals surface area contributed by atoms with Gasteiger partial charge in [0, 0.05) is 29.5 Å². The quantitative estimate of drug-likeness (QED) is 0.838. The van der Waals surface area contributed by atoms with Gasteiger partial charge in [-0.2, -0.15) is 0 Å². The molecule has 3 heteroatoms. The van der Waals surface area contributed by atoms with Crippen LogP contribution in [0.15, 0.2) is 30.3 Å². The molecule has 2 aromatic rings. The predicted molar refractivity (Wildman–Crippen MR) is 82.7 cm³/mol. The lowest BCUT2D eigenvalue weighted by molar-refractivity contribution is 0.546. The van der Waals surface area contributed by atoms with Crippen molar-refractivity contribution in [2.45, 2.75) is 32.7 Å². The molecule has 0 spiro atoms. The average Bonchev–Trinajstić information content (AvgIpc) is 2.38. The number of para-hydroxylation sites is 1. The van der Waals surface area contributed by atoms with Gasteiger partial charge in [-0.3, -0.25) is 4.98 Å². The van der Waals surface area contributed by atoms with Crippen molar-refractivity contribution in [3.63, 3.8) is 0 Å². The lowest BCUT2D eigenvalue weighted by Crippen LogP contribution is -2.26. The second kappa shape index (κ2) is 6.36. The van der Waals surface area contributed by atoms with Crippen LogP contribution in [0.5, 0.6) is 0 Å². The summed E-state index contributed by atoms with van der Waals surface area (Å²) >= 11 is 6.26. The minimum atomic E-state index is 0.175. The van der Waals surface area contributed by atoms with Gasteiger partial charge in [-0.05, 0) is 30.5 Å². The zero-order chi connectivity index (χ0) is 13.8. The molecule has 1 unspecified atom stereocenters. The molecule has 0 radical (unpaired) electrons. The van der Waals surface area contributed by atoms with Crippen molar-refractivity contribution in [1.82, 2.24) is 10.3 Å². The summed E-state index contributed by atoms with van der Waals surface area (Å²) in [6.45, 7) is 7.99. The van der Waals surface area contributed by atoms with Gasteiger partial charge in [0.2, 0.25) is 0 Å². The fraction of sp³-hybridized carbons (Fsp3) is 0.438. The van der Waals surface area contributed by atoms with E-state index in [-0.39, 0.29) is 5.38 Å². The summed E-state index contributed by atoms with van der Waals surface area (Å²) in [6.07, 6.45) is 0. The first kappa shape index (κ1) is 14.3. The second-order valence-corrected chi connectivity index (χ2v) is 5.89. The van der Waals surface area contributed by atoms with Gasteiger partial charge in [0.15, 0.2) is 0 Å². The molecule has 102 valence electrons. The molecule has 0 saturated heterocycles. The van der Waals surface area contributed by atoms with E-state index in [2.05, 4.69) is 48.4 Å². The number of hydrogen-bond acceptors (Lipinski definition) is 2. The first-order chi connectivity index (χ1) is 9.08. The van der Waals surface area contributed by atoms with Gasteiger partial charge in [-0.1, -0.05) is 32.0 Å². The minimum Gasteiger partial charge on any atom is -0.311 e. The van der Waals surface area contributed by atoms with E-state index in [1.54, 1.807) is 0 Å². The third-order valence-electron chi connectivity index (χ3n) is 3.31. The summed E-state index contributed by atoms with van der Waals surface area (Å²) in [7, 11) is 0. The number of aromatic nitrogens is 1. The van der Waals surface area contributed by atoms with E-state index in [9.17, 15) is 0 Å². The van der Waals surface area contributed by atoms with Crippen LogP contribution in [0.1, 0.15) is 25.1 Å². The molecule has 0 aliphatic rings. The molecule has 0 fully saturated rings. The average molecular weight is 277 g/mol. The normalized spacial score (nSPS) is 13.1. The summed E-state index contributed by atoms with van der Waals surface area (Å²) in [6, 6.07) is 10.4. The predicted octanol–water partition coefficient (Wildman–Crippen LogP) is 3.90. The fourth-order valence-corrected chi connectivity index (χ4v) is 2.23. The molecule has 0 bridgehead atoms. The van der Waals surface area contributed by atoms with Crippen LogP contribution in [-0.4, -0.2) is 16.9 Å². The number of nitrogens with one attached hydrogen (secondary N) is 1. The lowest BCUT2D eigenvalue weighted by atomic mass is 10.1. The van der Waals surface area contributed by atoms with E-state index in [1.807, 2.05) is 13.0 Å². The van der Waals surface area contributed by atoms with Crippen LogP contribution in [0.3, 0.4) is 0 Å². The van der Waals surface area contributed by atoms with Crippen molar-refractivity contribution in [3.8, 4) is 0 Å². The highest BCUT2D eigenvalue weighted by Gasteiger charge is 2.09. The third kappa shape index (κ3) is 3.68. The van der Waals surface area contributed by atoms with Crippen molar-refractivity contribution >= 4 is 22.5 Å². The van der Waals surface area contributed by atoms with Crippen LogP contribution in [-0.2, 0) is 6.54 Å². The Balaban J connectivity index is 2.12. The number of pyridine rings is 1. The summed E-state index contributed by atoms with van der Waals surface area (Å²) in [5.41, 5.74) is 3.41. The Bertz CT molecular complexity index is 551. The van der Waals surface area contributed by atoms with Gasteiger partial charge in [-0.15, -0.1) is 11.6 Å². The van der Waals surface area contributed by atoms with E-state index in [0.717, 1.165) is 24.3 Å². The smallest absolute Gasteiger partial charge is 0.0708 e. The Labute approximate surface area is 120 Å². The number of halogens is 1. The SMILES string of the molecule is Cc1cc(CNCC(Cl)C(C)C)c2ccccc2n1. The number of aryl methyl sites for hydroxylation is 1. The number of fused-ring (bicyclic) bond motifs is 1. The van der Waals surface area contributed by atoms with Gasteiger partial charge in [-0.25, -0.2) is 0 Å². The standard InChI is InChI=1S/C16H21ClN2/c1-11(2)15(17)10-18-9-13-8-12(3)19-16-7-5-4-6-14(13)16/h4-8,11,15,18H,9-10H2,1-3H3. The number of benzene rings is 1. The van der Waals surface area contributed by atoms with Crippen LogP contribution < -0.4 is 5.32 Å². The highest BCUT2D eigenvalue weighted by Crippen LogP contribution is 2.18. The van der Waals surface area contributed by atoms with Gasteiger partial charge in [0.1, 0.15) is 0 Å². The molecule has 19 heavy (non-hydrogen) atoms. The van der Waals surface area contributed by atoms with Gasteiger partial charge in [0.05, 0.1) is 5.52 Å². The molecular weight excluding hydrogens is 256 g/mol. The van der Waals surface area contributed by atoms with Gasteiger partial charge in [0.25, 0.3) is 0 Å². The van der Waals surface area contributed by atoms with E-state index in [1.165, 1.54) is 10.9 Å². The highest BCUT2D eigenvalue weighted by molar-refractivity contribution is 6.20. The first-order valence-corrected chi connectivity index (χ1v) is 7.21. The van der Waals surface area contributed by atoms with E-state index in [4.69, 9.17) is 11.6 Å². The van der Waals surface area contributed by atoms with Crippen molar-refractivity contribution < 1.29 is 0 Å². The van der Waals surface area contributed by atoms with Crippen LogP contribution in [0.25, 0.3) is 10.9 Å². The van der Waals surface area contributed by atoms with Crippen LogP contribution in [0.4, 0.5) is 0 Å². The number of nitrogens with zero attached hydrogens (tertiary/aromatic N) is 1. The van der Waals surface area contributed by atoms with Crippen molar-refractivity contribution in [2.24, 2.45) is 5.92 Å². The summed E-state index contributed by atoms with van der Waals surface area (Å²) < 4.78 is 0. The molecule has 0 aliphatic heterocycles. The topological polar surface area (TPSA) is 24.9 Å². The van der Waals surface area contributed by atoms with Crippen molar-refractivity contribution in [3.05, 3.63) is 41.6 Å². The Kier molecular flexibility index (Phi) is 4.78. The molecule has 1 heterocycles. The highest BCUT2D eigenvalue weighted by atomic mass is 35.5. The van der Waals surface area contributed by atoms with Crippen LogP contribution >= 0.6 is 11.6 Å². The van der Waals surface area contributed by atoms with E-state index < -0.39 is 0 Å². The van der Waals surface area contributed by atoms with Crippen LogP contribution in [0, 0.1) is 12.8 Å². The Morgan fingerprint density at radius 2 is 2.00 bits per heavy atom. The third-order valence-corrected chi connectivity index (χ3v) is 3.97. The zero-order valence-corrected chi connectivity index (χ0v) is 12.5.